The summed E-state index contributed by atoms with van der Waals surface area (Å²) in [5.74, 6) is -0.473. The minimum absolute atomic E-state index is 0.000664. The average Bonchev–Trinajstić information content (AvgIpc) is 3.29. The van der Waals surface area contributed by atoms with Gasteiger partial charge in [0.1, 0.15) is 0 Å². The fraction of sp³-hybridized carbons (Fsp3) is 0.645. The Balaban J connectivity index is 1.63. The molecule has 40 heavy (non-hydrogen) atoms. The van der Waals surface area contributed by atoms with Crippen LogP contribution in [0.2, 0.25) is 0 Å². The highest BCUT2D eigenvalue weighted by molar-refractivity contribution is 7.15. The zero-order chi connectivity index (χ0) is 29.5. The molecular weight excluding hydrogens is 524 g/mol. The predicted octanol–water partition coefficient (Wildman–Crippen LogP) is 4.18. The quantitative estimate of drug-likeness (QED) is 0.379. The Morgan fingerprint density at radius 1 is 1.18 bits per heavy atom. The van der Waals surface area contributed by atoms with Crippen molar-refractivity contribution < 1.29 is 19.8 Å². The predicted molar refractivity (Wildman–Crippen MR) is 160 cm³/mol. The van der Waals surface area contributed by atoms with Gasteiger partial charge in [-0.3, -0.25) is 14.9 Å². The number of carbonyl (C=O) groups excluding carboxylic acids is 2. The number of rotatable bonds is 8. The van der Waals surface area contributed by atoms with Crippen LogP contribution in [0.5, 0.6) is 0 Å². The number of fused-ring (bicyclic) bond motifs is 2. The molecule has 0 unspecified atom stereocenters. The number of amides is 2. The molecule has 1 fully saturated rings. The number of thiazole rings is 1. The lowest BCUT2D eigenvalue weighted by molar-refractivity contribution is -0.144. The molecule has 0 bridgehead atoms. The molecule has 1 aromatic carbocycles. The Kier molecular flexibility index (Phi) is 8.81. The summed E-state index contributed by atoms with van der Waals surface area (Å²) in [6.07, 6.45) is 1.61. The van der Waals surface area contributed by atoms with Crippen LogP contribution in [-0.2, 0) is 16.6 Å². The van der Waals surface area contributed by atoms with Gasteiger partial charge < -0.3 is 20.4 Å². The maximum atomic E-state index is 13.2. The molecular formula is C31H46N4O4S. The number of nitrogens with zero attached hydrogens (tertiary/aromatic N) is 2. The highest BCUT2D eigenvalue weighted by Gasteiger charge is 2.59. The molecule has 0 radical (unpaired) electrons. The Labute approximate surface area is 242 Å². The van der Waals surface area contributed by atoms with Crippen molar-refractivity contribution in [2.24, 2.45) is 16.7 Å². The second kappa shape index (κ2) is 11.5. The van der Waals surface area contributed by atoms with E-state index in [-0.39, 0.29) is 47.5 Å². The molecule has 1 heterocycles. The van der Waals surface area contributed by atoms with Crippen molar-refractivity contribution in [2.75, 3.05) is 39.1 Å². The highest BCUT2D eigenvalue weighted by Crippen LogP contribution is 2.62. The summed E-state index contributed by atoms with van der Waals surface area (Å²) < 4.78 is 0. The fourth-order valence-electron chi connectivity index (χ4n) is 6.67. The second-order valence-electron chi connectivity index (χ2n) is 13.5. The van der Waals surface area contributed by atoms with Crippen LogP contribution < -0.4 is 10.6 Å². The van der Waals surface area contributed by atoms with Crippen LogP contribution in [-0.4, -0.2) is 71.8 Å². The van der Waals surface area contributed by atoms with Crippen LogP contribution >= 0.6 is 11.3 Å². The van der Waals surface area contributed by atoms with Gasteiger partial charge in [-0.25, -0.2) is 4.98 Å². The van der Waals surface area contributed by atoms with Gasteiger partial charge in [0, 0.05) is 41.3 Å². The van der Waals surface area contributed by atoms with Crippen molar-refractivity contribution in [3.05, 3.63) is 46.0 Å². The third kappa shape index (κ3) is 5.98. The largest absolute Gasteiger partial charge is 0.396 e. The van der Waals surface area contributed by atoms with Crippen LogP contribution in [0.3, 0.4) is 0 Å². The molecule has 1 aromatic heterocycles. The van der Waals surface area contributed by atoms with Crippen LogP contribution in [0.25, 0.3) is 0 Å². The number of aliphatic hydroxyl groups excluding tert-OH is 2. The van der Waals surface area contributed by atoms with Gasteiger partial charge in [-0.05, 0) is 67.8 Å². The van der Waals surface area contributed by atoms with Gasteiger partial charge in [0.05, 0.1) is 18.4 Å². The maximum absolute atomic E-state index is 13.2. The first kappa shape index (κ1) is 30.6. The van der Waals surface area contributed by atoms with Crippen LogP contribution in [0, 0.1) is 16.7 Å². The number of hydrogen-bond acceptors (Lipinski definition) is 7. The molecule has 0 spiro atoms. The zero-order valence-electron chi connectivity index (χ0n) is 25.0. The smallest absolute Gasteiger partial charge is 0.257 e. The van der Waals surface area contributed by atoms with E-state index in [0.29, 0.717) is 30.1 Å². The Hall–Kier alpha value is -2.33. The Morgan fingerprint density at radius 2 is 1.85 bits per heavy atom. The van der Waals surface area contributed by atoms with E-state index < -0.39 is 11.5 Å². The first-order chi connectivity index (χ1) is 18.7. The summed E-state index contributed by atoms with van der Waals surface area (Å²) in [5.41, 5.74) is 1.56. The first-order valence-electron chi connectivity index (χ1n) is 14.3. The molecule has 1 saturated carbocycles. The van der Waals surface area contributed by atoms with Crippen molar-refractivity contribution in [3.63, 3.8) is 0 Å². The molecule has 5 atom stereocenters. The van der Waals surface area contributed by atoms with E-state index in [9.17, 15) is 19.8 Å². The molecule has 2 aromatic rings. The number of nitrogens with one attached hydrogen (secondary N) is 2. The summed E-state index contributed by atoms with van der Waals surface area (Å²) in [6, 6.07) is 7.65. The first-order valence-corrected chi connectivity index (χ1v) is 15.1. The van der Waals surface area contributed by atoms with E-state index in [0.717, 1.165) is 29.1 Å². The molecule has 9 heteroatoms. The van der Waals surface area contributed by atoms with E-state index in [1.807, 2.05) is 50.2 Å². The van der Waals surface area contributed by atoms with E-state index in [1.54, 1.807) is 0 Å². The summed E-state index contributed by atoms with van der Waals surface area (Å²) in [7, 11) is 3.94. The third-order valence-corrected chi connectivity index (χ3v) is 10.4. The SMILES string of the molecule is CN(C)CCNC(=O)C[C@@H]1c2nc(NC(=O)c3ccc(C(C)(C)C)cc3)sc2C[C@@H]2[C@](C)(CO)[C@H](O)CC[C@]21C. The van der Waals surface area contributed by atoms with Gasteiger partial charge in [0.25, 0.3) is 5.91 Å². The van der Waals surface area contributed by atoms with Gasteiger partial charge in [-0.15, -0.1) is 11.3 Å². The van der Waals surface area contributed by atoms with Crippen molar-refractivity contribution in [1.82, 2.24) is 15.2 Å². The number of benzene rings is 1. The lowest BCUT2D eigenvalue weighted by atomic mass is 9.47. The minimum Gasteiger partial charge on any atom is -0.396 e. The van der Waals surface area contributed by atoms with Gasteiger partial charge in [-0.1, -0.05) is 46.8 Å². The van der Waals surface area contributed by atoms with Gasteiger partial charge in [-0.2, -0.15) is 0 Å². The van der Waals surface area contributed by atoms with Crippen molar-refractivity contribution in [1.29, 1.82) is 0 Å². The highest BCUT2D eigenvalue weighted by atomic mass is 32.1. The van der Waals surface area contributed by atoms with Gasteiger partial charge in [0.15, 0.2) is 5.13 Å². The molecule has 4 rings (SSSR count). The Bertz CT molecular complexity index is 1220. The molecule has 0 saturated heterocycles. The number of carbonyl (C=O) groups is 2. The number of anilines is 1. The lowest BCUT2D eigenvalue weighted by Gasteiger charge is -2.58. The fourth-order valence-corrected chi connectivity index (χ4v) is 7.73. The molecule has 4 N–H and O–H groups in total. The van der Waals surface area contributed by atoms with E-state index in [1.165, 1.54) is 11.3 Å². The molecule has 8 nitrogen and oxygen atoms in total. The van der Waals surface area contributed by atoms with Crippen LogP contribution in [0.1, 0.15) is 86.3 Å². The molecule has 0 aliphatic heterocycles. The topological polar surface area (TPSA) is 115 Å². The van der Waals surface area contributed by atoms with Crippen molar-refractivity contribution >= 4 is 28.3 Å². The normalized spacial score (nSPS) is 28.1. The summed E-state index contributed by atoms with van der Waals surface area (Å²) in [5, 5.41) is 28.0. The van der Waals surface area contributed by atoms with Gasteiger partial charge >= 0.3 is 0 Å². The van der Waals surface area contributed by atoms with Crippen molar-refractivity contribution in [3.8, 4) is 0 Å². The van der Waals surface area contributed by atoms with Gasteiger partial charge in [0.2, 0.25) is 5.91 Å². The zero-order valence-corrected chi connectivity index (χ0v) is 25.8. The monoisotopic (exact) mass is 570 g/mol. The minimum atomic E-state index is -0.688. The third-order valence-electron chi connectivity index (χ3n) is 9.40. The molecule has 220 valence electrons. The summed E-state index contributed by atoms with van der Waals surface area (Å²) in [4.78, 5) is 34.3. The summed E-state index contributed by atoms with van der Waals surface area (Å²) in [6.45, 7) is 11.7. The number of aromatic nitrogens is 1. The lowest BCUT2D eigenvalue weighted by Crippen LogP contribution is -2.57. The van der Waals surface area contributed by atoms with Crippen molar-refractivity contribution in [2.45, 2.75) is 77.7 Å². The second-order valence-corrected chi connectivity index (χ2v) is 14.6. The standard InChI is InChI=1S/C31H46N4O4S/c1-29(2,3)20-10-8-19(9-11-20)27(39)34-28-33-26-21(16-25(38)32-14-15-35(6)7)30(4)13-12-24(37)31(5,18-36)23(30)17-22(26)40-28/h8-11,21,23-24,36-37H,12-18H2,1-7H3,(H,32,38)(H,33,34,39)/t21-,23+,24-,30+,31+/m1/s1. The number of likely N-dealkylation sites (N-methyl/N-ethyl adjacent to an activating group) is 1. The van der Waals surface area contributed by atoms with E-state index in [2.05, 4.69) is 38.3 Å². The molecule has 2 amide bonds. The number of hydrogen-bond donors (Lipinski definition) is 4. The summed E-state index contributed by atoms with van der Waals surface area (Å²) >= 11 is 1.44. The maximum Gasteiger partial charge on any atom is 0.257 e. The Morgan fingerprint density at radius 3 is 2.45 bits per heavy atom. The van der Waals surface area contributed by atoms with Crippen LogP contribution in [0.4, 0.5) is 5.13 Å². The average molecular weight is 571 g/mol. The van der Waals surface area contributed by atoms with E-state index in [4.69, 9.17) is 4.98 Å². The van der Waals surface area contributed by atoms with E-state index >= 15 is 0 Å². The number of aliphatic hydroxyl groups is 2. The molecule has 2 aliphatic carbocycles. The molecule has 2 aliphatic rings. The van der Waals surface area contributed by atoms with Crippen LogP contribution in [0.15, 0.2) is 24.3 Å².